The standard InChI is InChI=1S/C9H11NO4/c1-6(2)7(12)13-9(4)8(3,14-9)10-5-11/h1H2,2-4H3. The summed E-state index contributed by atoms with van der Waals surface area (Å²) in [5.74, 6) is -1.75. The molecule has 2 atom stereocenters. The van der Waals surface area contributed by atoms with E-state index < -0.39 is 17.5 Å². The van der Waals surface area contributed by atoms with Gasteiger partial charge in [-0.3, -0.25) is 0 Å². The highest BCUT2D eigenvalue weighted by molar-refractivity contribution is 5.87. The van der Waals surface area contributed by atoms with Gasteiger partial charge in [0.25, 0.3) is 5.79 Å². The van der Waals surface area contributed by atoms with Gasteiger partial charge in [-0.1, -0.05) is 6.58 Å². The van der Waals surface area contributed by atoms with E-state index in [1.165, 1.54) is 26.9 Å². The number of epoxide rings is 1. The van der Waals surface area contributed by atoms with Crippen molar-refractivity contribution in [1.29, 1.82) is 0 Å². The van der Waals surface area contributed by atoms with Crippen LogP contribution in [0.15, 0.2) is 17.1 Å². The van der Waals surface area contributed by atoms with Gasteiger partial charge in [0.2, 0.25) is 11.8 Å². The average Bonchev–Trinajstić information content (AvgIpc) is 2.53. The van der Waals surface area contributed by atoms with Gasteiger partial charge in [0.05, 0.1) is 0 Å². The molecule has 0 aromatic heterocycles. The Hall–Kier alpha value is -1.45. The lowest BCUT2D eigenvalue weighted by atomic mass is 10.2. The van der Waals surface area contributed by atoms with Crippen LogP contribution in [0.2, 0.25) is 0 Å². The van der Waals surface area contributed by atoms with Gasteiger partial charge < -0.3 is 9.47 Å². The SMILES string of the molecule is C=C(C)C(=O)OC1(C)OC1(C)N=C=O. The van der Waals surface area contributed by atoms with Crippen LogP contribution in [-0.4, -0.2) is 23.6 Å². The van der Waals surface area contributed by atoms with E-state index in [0.717, 1.165) is 0 Å². The summed E-state index contributed by atoms with van der Waals surface area (Å²) < 4.78 is 9.98. The molecule has 1 saturated heterocycles. The molecule has 14 heavy (non-hydrogen) atoms. The highest BCUT2D eigenvalue weighted by Gasteiger charge is 2.69. The van der Waals surface area contributed by atoms with Crippen molar-refractivity contribution in [2.75, 3.05) is 0 Å². The maximum atomic E-state index is 11.1. The first kappa shape index (κ1) is 10.6. The molecule has 1 rings (SSSR count). The van der Waals surface area contributed by atoms with E-state index in [-0.39, 0.29) is 5.57 Å². The van der Waals surface area contributed by atoms with E-state index in [1.54, 1.807) is 0 Å². The molecule has 0 aromatic rings. The monoisotopic (exact) mass is 197 g/mol. The third-order valence-corrected chi connectivity index (χ3v) is 2.09. The Morgan fingerprint density at radius 3 is 2.57 bits per heavy atom. The molecule has 0 aromatic carbocycles. The minimum absolute atomic E-state index is 0.263. The quantitative estimate of drug-likeness (QED) is 0.221. The van der Waals surface area contributed by atoms with Gasteiger partial charge in [-0.15, -0.1) is 0 Å². The van der Waals surface area contributed by atoms with Crippen molar-refractivity contribution in [3.05, 3.63) is 12.2 Å². The van der Waals surface area contributed by atoms with Gasteiger partial charge in [0.15, 0.2) is 0 Å². The normalized spacial score (nSPS) is 34.2. The zero-order valence-corrected chi connectivity index (χ0v) is 8.29. The third-order valence-electron chi connectivity index (χ3n) is 2.09. The van der Waals surface area contributed by atoms with Crippen LogP contribution in [0, 0.1) is 0 Å². The van der Waals surface area contributed by atoms with Gasteiger partial charge in [0, 0.05) is 12.5 Å². The topological polar surface area (TPSA) is 68.3 Å². The van der Waals surface area contributed by atoms with Crippen LogP contribution in [0.1, 0.15) is 20.8 Å². The highest BCUT2D eigenvalue weighted by atomic mass is 16.8. The molecule has 0 N–H and O–H groups in total. The second kappa shape index (κ2) is 3.04. The molecule has 1 fully saturated rings. The van der Waals surface area contributed by atoms with Crippen molar-refractivity contribution in [2.24, 2.45) is 4.99 Å². The average molecular weight is 197 g/mol. The summed E-state index contributed by atoms with van der Waals surface area (Å²) in [5, 5.41) is 0. The first-order valence-corrected chi connectivity index (χ1v) is 4.03. The Kier molecular flexibility index (Phi) is 2.31. The summed E-state index contributed by atoms with van der Waals surface area (Å²) in [6, 6.07) is 0. The molecular weight excluding hydrogens is 186 g/mol. The minimum atomic E-state index is -1.18. The van der Waals surface area contributed by atoms with E-state index in [4.69, 9.17) is 9.47 Å². The summed E-state index contributed by atoms with van der Waals surface area (Å²) in [4.78, 5) is 24.6. The summed E-state index contributed by atoms with van der Waals surface area (Å²) in [6.45, 7) is 8.00. The number of carbonyl (C=O) groups excluding carboxylic acids is 2. The lowest BCUT2D eigenvalue weighted by molar-refractivity contribution is -0.152. The fraction of sp³-hybridized carbons (Fsp3) is 0.556. The van der Waals surface area contributed by atoms with Crippen molar-refractivity contribution in [1.82, 2.24) is 0 Å². The fourth-order valence-electron chi connectivity index (χ4n) is 0.945. The predicted octanol–water partition coefficient (Wildman–Crippen LogP) is 0.904. The van der Waals surface area contributed by atoms with Crippen LogP contribution in [0.5, 0.6) is 0 Å². The number of carbonyl (C=O) groups is 1. The van der Waals surface area contributed by atoms with E-state index in [0.29, 0.717) is 0 Å². The van der Waals surface area contributed by atoms with E-state index in [9.17, 15) is 9.59 Å². The van der Waals surface area contributed by atoms with Crippen LogP contribution in [0.3, 0.4) is 0 Å². The zero-order chi connectivity index (χ0) is 11.0. The second-order valence-electron chi connectivity index (χ2n) is 3.40. The summed E-state index contributed by atoms with van der Waals surface area (Å²) >= 11 is 0. The number of esters is 1. The van der Waals surface area contributed by atoms with Gasteiger partial charge in [-0.25, -0.2) is 9.59 Å². The smallest absolute Gasteiger partial charge is 0.335 e. The molecule has 0 aliphatic carbocycles. The number of nitrogens with zero attached hydrogens (tertiary/aromatic N) is 1. The van der Waals surface area contributed by atoms with Gasteiger partial charge >= 0.3 is 5.97 Å². The number of aliphatic imine (C=N–C) groups is 1. The molecule has 1 heterocycles. The number of hydrogen-bond acceptors (Lipinski definition) is 5. The second-order valence-corrected chi connectivity index (χ2v) is 3.40. The van der Waals surface area contributed by atoms with Crippen LogP contribution in [0.25, 0.3) is 0 Å². The van der Waals surface area contributed by atoms with E-state index in [1.807, 2.05) is 0 Å². The highest BCUT2D eigenvalue weighted by Crippen LogP contribution is 2.49. The molecule has 5 heteroatoms. The zero-order valence-electron chi connectivity index (χ0n) is 8.29. The summed E-state index contributed by atoms with van der Waals surface area (Å²) in [7, 11) is 0. The van der Waals surface area contributed by atoms with Crippen LogP contribution in [0.4, 0.5) is 0 Å². The third kappa shape index (κ3) is 1.60. The van der Waals surface area contributed by atoms with E-state index in [2.05, 4.69) is 11.6 Å². The molecule has 0 amide bonds. The molecule has 76 valence electrons. The van der Waals surface area contributed by atoms with Gasteiger partial charge in [-0.2, -0.15) is 4.99 Å². The maximum absolute atomic E-state index is 11.1. The van der Waals surface area contributed by atoms with Crippen molar-refractivity contribution in [3.8, 4) is 0 Å². The van der Waals surface area contributed by atoms with Gasteiger partial charge in [0.1, 0.15) is 0 Å². The molecule has 5 nitrogen and oxygen atoms in total. The molecular formula is C9H11NO4. The molecule has 0 radical (unpaired) electrons. The first-order valence-electron chi connectivity index (χ1n) is 4.03. The van der Waals surface area contributed by atoms with Crippen LogP contribution in [-0.2, 0) is 19.1 Å². The number of ether oxygens (including phenoxy) is 2. The van der Waals surface area contributed by atoms with Crippen molar-refractivity contribution < 1.29 is 19.1 Å². The number of rotatable bonds is 3. The Bertz CT molecular complexity index is 345. The largest absolute Gasteiger partial charge is 0.424 e. The summed E-state index contributed by atoms with van der Waals surface area (Å²) in [5.41, 5.74) is -0.848. The van der Waals surface area contributed by atoms with Crippen molar-refractivity contribution in [2.45, 2.75) is 32.3 Å². The van der Waals surface area contributed by atoms with Crippen molar-refractivity contribution >= 4 is 12.0 Å². The molecule has 0 spiro atoms. The maximum Gasteiger partial charge on any atom is 0.335 e. The van der Waals surface area contributed by atoms with Crippen molar-refractivity contribution in [3.63, 3.8) is 0 Å². The fourth-order valence-corrected chi connectivity index (χ4v) is 0.945. The lowest BCUT2D eigenvalue weighted by Crippen LogP contribution is -2.25. The first-order chi connectivity index (χ1) is 6.34. The molecule has 0 bridgehead atoms. The van der Waals surface area contributed by atoms with Crippen LogP contribution < -0.4 is 0 Å². The molecule has 2 unspecified atom stereocenters. The lowest BCUT2D eigenvalue weighted by Gasteiger charge is -2.09. The minimum Gasteiger partial charge on any atom is -0.424 e. The number of isocyanates is 1. The molecule has 0 saturated carbocycles. The summed E-state index contributed by atoms with van der Waals surface area (Å²) in [6.07, 6.45) is 1.36. The molecule has 1 aliphatic heterocycles. The Labute approximate surface area is 81.4 Å². The Morgan fingerprint density at radius 2 is 2.14 bits per heavy atom. The van der Waals surface area contributed by atoms with Crippen LogP contribution >= 0.6 is 0 Å². The van der Waals surface area contributed by atoms with E-state index >= 15 is 0 Å². The number of hydrogen-bond donors (Lipinski definition) is 0. The predicted molar refractivity (Wildman–Crippen MR) is 46.9 cm³/mol. The Balaban J connectivity index is 2.69. The molecule has 1 aliphatic rings. The van der Waals surface area contributed by atoms with Gasteiger partial charge in [-0.05, 0) is 13.8 Å². The Morgan fingerprint density at radius 1 is 1.57 bits per heavy atom.